The molecule has 2 nitrogen and oxygen atoms in total. The van der Waals surface area contributed by atoms with Crippen LogP contribution in [0.3, 0.4) is 0 Å². The summed E-state index contributed by atoms with van der Waals surface area (Å²) in [5.74, 6) is 0.597. The molecule has 0 aliphatic rings. The largest absolute Gasteiger partial charge is 0.348 e. The van der Waals surface area contributed by atoms with Crippen molar-refractivity contribution in [2.45, 2.75) is 6.43 Å². The van der Waals surface area contributed by atoms with Crippen LogP contribution in [-0.2, 0) is 0 Å². The van der Waals surface area contributed by atoms with Crippen LogP contribution >= 0.6 is 23.2 Å². The molecule has 1 aromatic rings. The summed E-state index contributed by atoms with van der Waals surface area (Å²) < 4.78 is 24.5. The van der Waals surface area contributed by atoms with E-state index >= 15 is 0 Å². The first-order valence-corrected chi connectivity index (χ1v) is 5.26. The highest BCUT2D eigenvalue weighted by Crippen LogP contribution is 2.22. The fourth-order valence-corrected chi connectivity index (χ4v) is 1.61. The fraction of sp³-hybridized carbons (Fsp3) is 0.444. The van der Waals surface area contributed by atoms with Gasteiger partial charge in [0.2, 0.25) is 0 Å². The summed E-state index contributed by atoms with van der Waals surface area (Å²) in [5, 5.41) is 0.350. The average molecular weight is 255 g/mol. The lowest BCUT2D eigenvalue weighted by Gasteiger charge is -2.22. The Hall–Kier alpha value is -0.610. The Morgan fingerprint density at radius 2 is 2.20 bits per heavy atom. The second-order valence-electron chi connectivity index (χ2n) is 2.83. The molecule has 84 valence electrons. The van der Waals surface area contributed by atoms with Gasteiger partial charge in [-0.3, -0.25) is 0 Å². The quantitative estimate of drug-likeness (QED) is 0.752. The molecule has 6 heteroatoms. The fourth-order valence-electron chi connectivity index (χ4n) is 1.16. The summed E-state index contributed by atoms with van der Waals surface area (Å²) in [6, 6.07) is 3.25. The van der Waals surface area contributed by atoms with Crippen LogP contribution in [0.4, 0.5) is 14.6 Å². The van der Waals surface area contributed by atoms with Crippen molar-refractivity contribution in [1.29, 1.82) is 0 Å². The van der Waals surface area contributed by atoms with E-state index < -0.39 is 13.0 Å². The standard InChI is InChI=1S/C9H10Cl2F2N2/c10-3-5-15(6-8(12)13)9-7(11)2-1-4-14-9/h1-2,4,8H,3,5-6H2. The molecule has 0 fully saturated rings. The molecule has 0 aromatic carbocycles. The Morgan fingerprint density at radius 3 is 2.73 bits per heavy atom. The van der Waals surface area contributed by atoms with Crippen molar-refractivity contribution in [3.8, 4) is 0 Å². The number of hydrogen-bond acceptors (Lipinski definition) is 2. The predicted molar refractivity (Wildman–Crippen MR) is 58.2 cm³/mol. The van der Waals surface area contributed by atoms with Crippen LogP contribution in [-0.4, -0.2) is 30.4 Å². The smallest absolute Gasteiger partial charge is 0.255 e. The lowest BCUT2D eigenvalue weighted by molar-refractivity contribution is 0.155. The van der Waals surface area contributed by atoms with Crippen LogP contribution in [0.5, 0.6) is 0 Å². The Morgan fingerprint density at radius 1 is 1.47 bits per heavy atom. The maximum Gasteiger partial charge on any atom is 0.255 e. The van der Waals surface area contributed by atoms with Crippen molar-refractivity contribution in [3.05, 3.63) is 23.4 Å². The van der Waals surface area contributed by atoms with Crippen LogP contribution in [0.2, 0.25) is 5.02 Å². The topological polar surface area (TPSA) is 16.1 Å². The van der Waals surface area contributed by atoms with Crippen LogP contribution in [0.1, 0.15) is 0 Å². The number of nitrogens with zero attached hydrogens (tertiary/aromatic N) is 2. The van der Waals surface area contributed by atoms with Gasteiger partial charge in [-0.25, -0.2) is 13.8 Å². The number of alkyl halides is 3. The molecular formula is C9H10Cl2F2N2. The van der Waals surface area contributed by atoms with Gasteiger partial charge in [-0.05, 0) is 12.1 Å². The summed E-state index contributed by atoms with van der Waals surface area (Å²) in [7, 11) is 0. The molecule has 0 atom stereocenters. The molecule has 0 aliphatic carbocycles. The third-order valence-corrected chi connectivity index (χ3v) is 2.22. The summed E-state index contributed by atoms with van der Waals surface area (Å²) in [4.78, 5) is 5.33. The van der Waals surface area contributed by atoms with Gasteiger partial charge in [0.05, 0.1) is 11.6 Å². The molecule has 0 saturated heterocycles. The summed E-state index contributed by atoms with van der Waals surface area (Å²) in [6.07, 6.45) is -0.931. The lowest BCUT2D eigenvalue weighted by Crippen LogP contribution is -2.31. The van der Waals surface area contributed by atoms with Gasteiger partial charge in [0.15, 0.2) is 0 Å². The van der Waals surface area contributed by atoms with Gasteiger partial charge in [0.1, 0.15) is 5.82 Å². The van der Waals surface area contributed by atoms with Crippen molar-refractivity contribution in [3.63, 3.8) is 0 Å². The number of anilines is 1. The summed E-state index contributed by atoms with van der Waals surface area (Å²) in [5.41, 5.74) is 0. The first-order chi connectivity index (χ1) is 7.15. The maximum absolute atomic E-state index is 12.3. The Labute approximate surface area is 96.8 Å². The summed E-state index contributed by atoms with van der Waals surface area (Å²) >= 11 is 11.4. The minimum atomic E-state index is -2.44. The van der Waals surface area contributed by atoms with Gasteiger partial charge in [0.25, 0.3) is 6.43 Å². The number of pyridine rings is 1. The monoisotopic (exact) mass is 254 g/mol. The SMILES string of the molecule is FC(F)CN(CCCl)c1ncccc1Cl. The number of rotatable bonds is 5. The molecule has 0 aliphatic heterocycles. The molecule has 0 saturated carbocycles. The van der Waals surface area contributed by atoms with Crippen molar-refractivity contribution < 1.29 is 8.78 Å². The minimum Gasteiger partial charge on any atom is -0.348 e. The molecule has 0 spiro atoms. The summed E-state index contributed by atoms with van der Waals surface area (Å²) in [6.45, 7) is -0.119. The van der Waals surface area contributed by atoms with Crippen LogP contribution in [0.15, 0.2) is 18.3 Å². The van der Waals surface area contributed by atoms with E-state index in [4.69, 9.17) is 23.2 Å². The Balaban J connectivity index is 2.83. The van der Waals surface area contributed by atoms with E-state index in [9.17, 15) is 8.78 Å². The third-order valence-electron chi connectivity index (χ3n) is 1.75. The van der Waals surface area contributed by atoms with Crippen molar-refractivity contribution in [2.24, 2.45) is 0 Å². The second kappa shape index (κ2) is 6.08. The van der Waals surface area contributed by atoms with Gasteiger partial charge >= 0.3 is 0 Å². The molecule has 1 rings (SSSR count). The number of aromatic nitrogens is 1. The molecule has 1 heterocycles. The lowest BCUT2D eigenvalue weighted by atomic mass is 10.4. The highest BCUT2D eigenvalue weighted by molar-refractivity contribution is 6.32. The molecule has 0 radical (unpaired) electrons. The first-order valence-electron chi connectivity index (χ1n) is 4.34. The molecule has 0 unspecified atom stereocenters. The second-order valence-corrected chi connectivity index (χ2v) is 3.62. The Bertz CT molecular complexity index is 310. The van der Waals surface area contributed by atoms with Gasteiger partial charge in [-0.2, -0.15) is 0 Å². The molecule has 15 heavy (non-hydrogen) atoms. The number of hydrogen-bond donors (Lipinski definition) is 0. The highest BCUT2D eigenvalue weighted by Gasteiger charge is 2.15. The van der Waals surface area contributed by atoms with E-state index in [0.29, 0.717) is 17.4 Å². The van der Waals surface area contributed by atoms with Crippen molar-refractivity contribution in [1.82, 2.24) is 4.98 Å². The number of halogens is 4. The maximum atomic E-state index is 12.3. The first kappa shape index (κ1) is 12.5. The van der Waals surface area contributed by atoms with Gasteiger partial charge < -0.3 is 4.90 Å². The zero-order valence-electron chi connectivity index (χ0n) is 7.84. The predicted octanol–water partition coefficient (Wildman–Crippen LogP) is 3.05. The Kier molecular flexibility index (Phi) is 5.05. The van der Waals surface area contributed by atoms with Crippen LogP contribution in [0, 0.1) is 0 Å². The van der Waals surface area contributed by atoms with Crippen LogP contribution in [0.25, 0.3) is 0 Å². The van der Waals surface area contributed by atoms with E-state index in [1.54, 1.807) is 12.1 Å². The van der Waals surface area contributed by atoms with Crippen molar-refractivity contribution >= 4 is 29.0 Å². The van der Waals surface area contributed by atoms with E-state index in [-0.39, 0.29) is 5.88 Å². The van der Waals surface area contributed by atoms with Gasteiger partial charge in [0, 0.05) is 18.6 Å². The van der Waals surface area contributed by atoms with E-state index in [1.165, 1.54) is 11.1 Å². The zero-order chi connectivity index (χ0) is 11.3. The van der Waals surface area contributed by atoms with Crippen molar-refractivity contribution in [2.75, 3.05) is 23.9 Å². The average Bonchev–Trinajstić information content (AvgIpc) is 2.17. The highest BCUT2D eigenvalue weighted by atomic mass is 35.5. The molecule has 0 bridgehead atoms. The zero-order valence-corrected chi connectivity index (χ0v) is 9.35. The van der Waals surface area contributed by atoms with Gasteiger partial charge in [-0.15, -0.1) is 11.6 Å². The van der Waals surface area contributed by atoms with E-state index in [0.717, 1.165) is 0 Å². The molecular weight excluding hydrogens is 245 g/mol. The van der Waals surface area contributed by atoms with Crippen LogP contribution < -0.4 is 4.90 Å². The molecule has 1 aromatic heterocycles. The van der Waals surface area contributed by atoms with E-state index in [2.05, 4.69) is 4.98 Å². The normalized spacial score (nSPS) is 10.7. The van der Waals surface area contributed by atoms with Gasteiger partial charge in [-0.1, -0.05) is 11.6 Å². The molecule has 0 N–H and O–H groups in total. The third kappa shape index (κ3) is 3.80. The molecule has 0 amide bonds. The minimum absolute atomic E-state index is 0.250. The van der Waals surface area contributed by atoms with E-state index in [1.807, 2.05) is 0 Å².